The molecule has 0 unspecified atom stereocenters. The number of aromatic nitrogens is 4. The van der Waals surface area contributed by atoms with E-state index in [0.29, 0.717) is 58.5 Å². The van der Waals surface area contributed by atoms with Crippen molar-refractivity contribution in [1.29, 1.82) is 5.26 Å². The Morgan fingerprint density at radius 1 is 1.32 bits per heavy atom. The number of aromatic amines is 1. The third kappa shape index (κ3) is 2.94. The Kier molecular flexibility index (Phi) is 4.44. The zero-order valence-electron chi connectivity index (χ0n) is 17.1. The molecular weight excluding hydrogens is 394 g/mol. The van der Waals surface area contributed by atoms with E-state index in [2.05, 4.69) is 21.1 Å². The van der Waals surface area contributed by atoms with Crippen LogP contribution in [0.2, 0.25) is 0 Å². The number of ether oxygens (including phenoxy) is 2. The molecule has 0 spiro atoms. The number of H-pyrrole nitrogens is 1. The van der Waals surface area contributed by atoms with Crippen molar-refractivity contribution in [3.63, 3.8) is 0 Å². The fourth-order valence-corrected chi connectivity index (χ4v) is 4.04. The zero-order chi connectivity index (χ0) is 21.5. The predicted octanol–water partition coefficient (Wildman–Crippen LogP) is 3.96. The van der Waals surface area contributed by atoms with E-state index in [0.717, 1.165) is 17.4 Å². The van der Waals surface area contributed by atoms with Gasteiger partial charge in [0, 0.05) is 42.6 Å². The number of pyridine rings is 1. The van der Waals surface area contributed by atoms with E-state index >= 15 is 0 Å². The number of nitrogens with one attached hydrogen (secondary N) is 1. The molecule has 1 N–H and O–H groups in total. The number of hydrogen-bond acceptors (Lipinski definition) is 6. The lowest BCUT2D eigenvalue weighted by Gasteiger charge is -2.16. The summed E-state index contributed by atoms with van der Waals surface area (Å²) in [7, 11) is 1.58. The number of nitriles is 1. The molecule has 5 rings (SSSR count). The zero-order valence-corrected chi connectivity index (χ0v) is 17.1. The van der Waals surface area contributed by atoms with Crippen molar-refractivity contribution in [2.75, 3.05) is 13.7 Å². The van der Waals surface area contributed by atoms with Crippen LogP contribution >= 0.6 is 0 Å². The van der Waals surface area contributed by atoms with Crippen LogP contribution in [0, 0.1) is 11.3 Å². The summed E-state index contributed by atoms with van der Waals surface area (Å²) in [4.78, 5) is 20.3. The van der Waals surface area contributed by atoms with Gasteiger partial charge in [0.05, 0.1) is 36.6 Å². The van der Waals surface area contributed by atoms with Gasteiger partial charge in [0.1, 0.15) is 17.1 Å². The van der Waals surface area contributed by atoms with Gasteiger partial charge in [-0.15, -0.1) is 0 Å². The van der Waals surface area contributed by atoms with Gasteiger partial charge in [-0.3, -0.25) is 4.79 Å². The lowest BCUT2D eigenvalue weighted by atomic mass is 9.94. The van der Waals surface area contributed by atoms with E-state index in [1.165, 1.54) is 6.92 Å². The van der Waals surface area contributed by atoms with Crippen LogP contribution in [0.1, 0.15) is 29.4 Å². The SMILES string of the molecule is COc1ccc(C#N)c(-c2c(-c3c(C(C)=O)nn4c3OCCC4)[nH]c3ncccc23)c1. The summed E-state index contributed by atoms with van der Waals surface area (Å²) < 4.78 is 13.1. The van der Waals surface area contributed by atoms with Crippen molar-refractivity contribution in [1.82, 2.24) is 19.7 Å². The number of carbonyl (C=O) groups excluding carboxylic acids is 1. The average Bonchev–Trinajstić information content (AvgIpc) is 3.37. The van der Waals surface area contributed by atoms with Gasteiger partial charge in [-0.2, -0.15) is 10.4 Å². The monoisotopic (exact) mass is 413 g/mol. The molecule has 8 heteroatoms. The van der Waals surface area contributed by atoms with Gasteiger partial charge in [-0.05, 0) is 30.3 Å². The third-order valence-electron chi connectivity index (χ3n) is 5.43. The number of rotatable bonds is 4. The fourth-order valence-electron chi connectivity index (χ4n) is 4.04. The van der Waals surface area contributed by atoms with Crippen molar-refractivity contribution < 1.29 is 14.3 Å². The second-order valence-corrected chi connectivity index (χ2v) is 7.31. The van der Waals surface area contributed by atoms with Crippen LogP contribution in [0.5, 0.6) is 11.6 Å². The quantitative estimate of drug-likeness (QED) is 0.508. The topological polar surface area (TPSA) is 106 Å². The molecule has 1 aliphatic rings. The summed E-state index contributed by atoms with van der Waals surface area (Å²) in [5.74, 6) is 1.01. The van der Waals surface area contributed by atoms with Crippen molar-refractivity contribution in [3.05, 3.63) is 47.8 Å². The van der Waals surface area contributed by atoms with Crippen LogP contribution in [0.3, 0.4) is 0 Å². The molecule has 0 saturated heterocycles. The molecule has 4 aromatic rings. The molecule has 154 valence electrons. The normalized spacial score (nSPS) is 12.8. The second kappa shape index (κ2) is 7.29. The van der Waals surface area contributed by atoms with Crippen LogP contribution in [0.4, 0.5) is 0 Å². The summed E-state index contributed by atoms with van der Waals surface area (Å²) in [5, 5.41) is 15.1. The minimum Gasteiger partial charge on any atom is -0.497 e. The minimum absolute atomic E-state index is 0.163. The van der Waals surface area contributed by atoms with Crippen molar-refractivity contribution in [2.24, 2.45) is 0 Å². The number of fused-ring (bicyclic) bond motifs is 2. The molecule has 1 aliphatic heterocycles. The highest BCUT2D eigenvalue weighted by molar-refractivity contribution is 6.08. The van der Waals surface area contributed by atoms with Gasteiger partial charge in [-0.25, -0.2) is 9.67 Å². The van der Waals surface area contributed by atoms with E-state index in [1.54, 1.807) is 30.1 Å². The highest BCUT2D eigenvalue weighted by Crippen LogP contribution is 2.45. The molecular formula is C23H19N5O3. The Morgan fingerprint density at radius 3 is 2.97 bits per heavy atom. The lowest BCUT2D eigenvalue weighted by molar-refractivity contribution is 0.101. The number of hydrogen-bond donors (Lipinski definition) is 1. The Balaban J connectivity index is 1.90. The summed E-state index contributed by atoms with van der Waals surface area (Å²) >= 11 is 0. The Labute approximate surface area is 178 Å². The van der Waals surface area contributed by atoms with Crippen LogP contribution in [-0.2, 0) is 6.54 Å². The van der Waals surface area contributed by atoms with Crippen molar-refractivity contribution in [2.45, 2.75) is 19.9 Å². The van der Waals surface area contributed by atoms with E-state index in [1.807, 2.05) is 18.2 Å². The number of aryl methyl sites for hydroxylation is 1. The number of benzene rings is 1. The number of carbonyl (C=O) groups is 1. The maximum absolute atomic E-state index is 12.5. The molecule has 0 fully saturated rings. The average molecular weight is 413 g/mol. The van der Waals surface area contributed by atoms with Gasteiger partial charge in [-0.1, -0.05) is 0 Å². The molecule has 0 aliphatic carbocycles. The van der Waals surface area contributed by atoms with Crippen molar-refractivity contribution in [3.8, 4) is 40.1 Å². The van der Waals surface area contributed by atoms with Crippen LogP contribution in [0.25, 0.3) is 33.4 Å². The maximum Gasteiger partial charge on any atom is 0.222 e. The van der Waals surface area contributed by atoms with E-state index in [4.69, 9.17) is 9.47 Å². The largest absolute Gasteiger partial charge is 0.497 e. The first kappa shape index (κ1) is 18.9. The van der Waals surface area contributed by atoms with Gasteiger partial charge in [0.2, 0.25) is 5.88 Å². The highest BCUT2D eigenvalue weighted by Gasteiger charge is 2.30. The minimum atomic E-state index is -0.163. The molecule has 0 radical (unpaired) electrons. The predicted molar refractivity (Wildman–Crippen MR) is 114 cm³/mol. The summed E-state index contributed by atoms with van der Waals surface area (Å²) in [6.45, 7) is 2.71. The molecule has 4 heterocycles. The number of ketones is 1. The van der Waals surface area contributed by atoms with Crippen molar-refractivity contribution >= 4 is 16.8 Å². The summed E-state index contributed by atoms with van der Waals surface area (Å²) in [6.07, 6.45) is 2.51. The Hall–Kier alpha value is -4.12. The molecule has 0 amide bonds. The lowest BCUT2D eigenvalue weighted by Crippen LogP contribution is -2.15. The van der Waals surface area contributed by atoms with Crippen LogP contribution < -0.4 is 9.47 Å². The summed E-state index contributed by atoms with van der Waals surface area (Å²) in [5.41, 5.74) is 4.12. The van der Waals surface area contributed by atoms with Gasteiger partial charge >= 0.3 is 0 Å². The van der Waals surface area contributed by atoms with E-state index in [-0.39, 0.29) is 5.78 Å². The smallest absolute Gasteiger partial charge is 0.222 e. The van der Waals surface area contributed by atoms with Gasteiger partial charge in [0.15, 0.2) is 5.78 Å². The fraction of sp³-hybridized carbons (Fsp3) is 0.217. The first-order valence-electron chi connectivity index (χ1n) is 9.92. The Bertz CT molecular complexity index is 1380. The first-order chi connectivity index (χ1) is 15.1. The van der Waals surface area contributed by atoms with E-state index < -0.39 is 0 Å². The molecule has 0 saturated carbocycles. The number of Topliss-reactive ketones (excluding diaryl/α,β-unsaturated/α-hetero) is 1. The summed E-state index contributed by atoms with van der Waals surface area (Å²) in [6, 6.07) is 11.3. The second-order valence-electron chi connectivity index (χ2n) is 7.31. The Morgan fingerprint density at radius 2 is 2.19 bits per heavy atom. The molecule has 8 nitrogen and oxygen atoms in total. The molecule has 1 aromatic carbocycles. The van der Waals surface area contributed by atoms with Crippen LogP contribution in [-0.4, -0.2) is 39.2 Å². The highest BCUT2D eigenvalue weighted by atomic mass is 16.5. The third-order valence-corrected chi connectivity index (χ3v) is 5.43. The first-order valence-corrected chi connectivity index (χ1v) is 9.92. The number of nitrogens with zero attached hydrogens (tertiary/aromatic N) is 4. The molecule has 0 bridgehead atoms. The maximum atomic E-state index is 12.5. The molecule has 31 heavy (non-hydrogen) atoms. The molecule has 0 atom stereocenters. The van der Waals surface area contributed by atoms with Crippen LogP contribution in [0.15, 0.2) is 36.5 Å². The van der Waals surface area contributed by atoms with Gasteiger partial charge in [0.25, 0.3) is 0 Å². The van der Waals surface area contributed by atoms with Gasteiger partial charge < -0.3 is 14.5 Å². The number of methoxy groups -OCH3 is 1. The molecule has 3 aromatic heterocycles. The van der Waals surface area contributed by atoms with E-state index in [9.17, 15) is 10.1 Å². The standard InChI is InChI=1S/C23H19N5O3/c1-13(29)20-19(23-28(27-20)9-4-10-31-23)21-18(16-5-3-8-25-22(16)26-21)17-11-15(30-2)7-6-14(17)12-24/h3,5-8,11H,4,9-10H2,1-2H3,(H,25,26).